The van der Waals surface area contributed by atoms with E-state index >= 15 is 0 Å². The Morgan fingerprint density at radius 3 is 2.39 bits per heavy atom. The van der Waals surface area contributed by atoms with Crippen molar-refractivity contribution in [2.45, 2.75) is 18.4 Å². The van der Waals surface area contributed by atoms with Crippen LogP contribution in [0.2, 0.25) is 0 Å². The first kappa shape index (κ1) is 17.3. The topological polar surface area (TPSA) is 76.1 Å². The van der Waals surface area contributed by atoms with Gasteiger partial charge in [0.05, 0.1) is 19.3 Å². The maximum atomic E-state index is 12.8. The molecule has 0 radical (unpaired) electrons. The lowest BCUT2D eigenvalue weighted by Crippen LogP contribution is -2.46. The predicted octanol–water partition coefficient (Wildman–Crippen LogP) is 3.11. The molecule has 1 aliphatic carbocycles. The van der Waals surface area contributed by atoms with Crippen LogP contribution in [0.25, 0.3) is 11.1 Å². The molecule has 1 amide bonds. The second kappa shape index (κ2) is 6.34. The molecule has 3 aliphatic rings. The van der Waals surface area contributed by atoms with Crippen molar-refractivity contribution in [3.05, 3.63) is 59.7 Å². The standard InChI is InChI=1S/C22H21NO5/c24-20(25)22-9-10-23(19(22)12-27-13-22)21(26)28-11-18-16-7-3-1-5-14(16)15-6-2-4-8-17(15)18/h1-8,18-19H,9-13H2,(H,24,25). The molecule has 2 aromatic carbocycles. The lowest BCUT2D eigenvalue weighted by Gasteiger charge is -2.27. The molecule has 6 heteroatoms. The molecule has 6 nitrogen and oxygen atoms in total. The molecule has 0 saturated carbocycles. The van der Waals surface area contributed by atoms with Crippen LogP contribution in [0.4, 0.5) is 4.79 Å². The average Bonchev–Trinajstić information content (AvgIpc) is 3.37. The Kier molecular flexibility index (Phi) is 3.91. The Morgan fingerprint density at radius 2 is 1.75 bits per heavy atom. The first-order chi connectivity index (χ1) is 13.6. The molecule has 2 heterocycles. The number of likely N-dealkylation sites (tertiary alicyclic amines) is 1. The van der Waals surface area contributed by atoms with Crippen molar-refractivity contribution in [2.75, 3.05) is 26.4 Å². The second-order valence-electron chi connectivity index (χ2n) is 7.74. The average molecular weight is 379 g/mol. The Bertz CT molecular complexity index is 912. The van der Waals surface area contributed by atoms with E-state index in [1.807, 2.05) is 24.3 Å². The maximum Gasteiger partial charge on any atom is 0.410 e. The number of carbonyl (C=O) groups excluding carboxylic acids is 1. The number of fused-ring (bicyclic) bond motifs is 4. The molecule has 2 unspecified atom stereocenters. The summed E-state index contributed by atoms with van der Waals surface area (Å²) in [6.07, 6.45) is -0.0579. The highest BCUT2D eigenvalue weighted by Gasteiger charge is 2.58. The van der Waals surface area contributed by atoms with Gasteiger partial charge >= 0.3 is 12.1 Å². The smallest absolute Gasteiger partial charge is 0.410 e. The van der Waals surface area contributed by atoms with Gasteiger partial charge in [0.15, 0.2) is 0 Å². The number of carboxylic acids is 1. The molecular weight excluding hydrogens is 358 g/mol. The number of amides is 1. The minimum absolute atomic E-state index is 0.0111. The molecule has 0 aromatic heterocycles. The molecule has 2 atom stereocenters. The molecule has 28 heavy (non-hydrogen) atoms. The van der Waals surface area contributed by atoms with Crippen LogP contribution in [0.15, 0.2) is 48.5 Å². The largest absolute Gasteiger partial charge is 0.481 e. The summed E-state index contributed by atoms with van der Waals surface area (Å²) >= 11 is 0. The Morgan fingerprint density at radius 1 is 1.11 bits per heavy atom. The third-order valence-corrected chi connectivity index (χ3v) is 6.44. The van der Waals surface area contributed by atoms with Crippen LogP contribution >= 0.6 is 0 Å². The van der Waals surface area contributed by atoms with Gasteiger partial charge in [0.1, 0.15) is 12.0 Å². The van der Waals surface area contributed by atoms with Crippen molar-refractivity contribution >= 4 is 12.1 Å². The number of rotatable bonds is 3. The Hall–Kier alpha value is -2.86. The minimum Gasteiger partial charge on any atom is -0.481 e. The van der Waals surface area contributed by atoms with Crippen molar-refractivity contribution in [3.8, 4) is 11.1 Å². The van der Waals surface area contributed by atoms with Gasteiger partial charge in [-0.3, -0.25) is 4.79 Å². The number of carbonyl (C=O) groups is 2. The van der Waals surface area contributed by atoms with E-state index in [1.54, 1.807) is 0 Å². The molecule has 2 fully saturated rings. The fraction of sp³-hybridized carbons (Fsp3) is 0.364. The van der Waals surface area contributed by atoms with E-state index in [1.165, 1.54) is 16.0 Å². The zero-order valence-electron chi connectivity index (χ0n) is 15.3. The van der Waals surface area contributed by atoms with Gasteiger partial charge in [0, 0.05) is 12.5 Å². The zero-order chi connectivity index (χ0) is 19.3. The summed E-state index contributed by atoms with van der Waals surface area (Å²) < 4.78 is 11.1. The summed E-state index contributed by atoms with van der Waals surface area (Å²) in [5.74, 6) is -0.910. The van der Waals surface area contributed by atoms with E-state index in [-0.39, 0.29) is 25.7 Å². The van der Waals surface area contributed by atoms with Crippen LogP contribution in [0.5, 0.6) is 0 Å². The van der Waals surface area contributed by atoms with Crippen molar-refractivity contribution < 1.29 is 24.2 Å². The normalized spacial score (nSPS) is 25.3. The van der Waals surface area contributed by atoms with Crippen LogP contribution < -0.4 is 0 Å². The third kappa shape index (κ3) is 2.37. The number of hydrogen-bond donors (Lipinski definition) is 1. The molecule has 0 bridgehead atoms. The van der Waals surface area contributed by atoms with Crippen molar-refractivity contribution in [1.82, 2.24) is 4.90 Å². The quantitative estimate of drug-likeness (QED) is 0.887. The van der Waals surface area contributed by atoms with Gasteiger partial charge in [-0.15, -0.1) is 0 Å². The first-order valence-corrected chi connectivity index (χ1v) is 9.54. The highest BCUT2D eigenvalue weighted by Crippen LogP contribution is 2.45. The summed E-state index contributed by atoms with van der Waals surface area (Å²) in [5.41, 5.74) is 3.67. The monoisotopic (exact) mass is 379 g/mol. The predicted molar refractivity (Wildman–Crippen MR) is 101 cm³/mol. The van der Waals surface area contributed by atoms with Gasteiger partial charge in [-0.05, 0) is 28.7 Å². The summed E-state index contributed by atoms with van der Waals surface area (Å²) in [4.78, 5) is 26.1. The van der Waals surface area contributed by atoms with Gasteiger partial charge in [-0.2, -0.15) is 0 Å². The number of hydrogen-bond acceptors (Lipinski definition) is 4. The number of aliphatic carboxylic acids is 1. The van der Waals surface area contributed by atoms with Crippen molar-refractivity contribution in [3.63, 3.8) is 0 Å². The van der Waals surface area contributed by atoms with Gasteiger partial charge in [-0.1, -0.05) is 48.5 Å². The third-order valence-electron chi connectivity index (χ3n) is 6.44. The highest BCUT2D eigenvalue weighted by atomic mass is 16.6. The van der Waals surface area contributed by atoms with Gasteiger partial charge in [-0.25, -0.2) is 4.79 Å². The molecule has 2 saturated heterocycles. The lowest BCUT2D eigenvalue weighted by molar-refractivity contribution is -0.149. The lowest BCUT2D eigenvalue weighted by atomic mass is 9.83. The number of ether oxygens (including phenoxy) is 2. The van der Waals surface area contributed by atoms with E-state index in [2.05, 4.69) is 24.3 Å². The fourth-order valence-corrected chi connectivity index (χ4v) is 4.92. The molecule has 2 aromatic rings. The van der Waals surface area contributed by atoms with E-state index in [0.29, 0.717) is 13.0 Å². The molecular formula is C22H21NO5. The maximum absolute atomic E-state index is 12.8. The van der Waals surface area contributed by atoms with Gasteiger partial charge < -0.3 is 19.5 Å². The number of benzene rings is 2. The number of nitrogens with zero attached hydrogens (tertiary/aromatic N) is 1. The van der Waals surface area contributed by atoms with Crippen molar-refractivity contribution in [2.24, 2.45) is 5.41 Å². The second-order valence-corrected chi connectivity index (χ2v) is 7.74. The van der Waals surface area contributed by atoms with E-state index in [9.17, 15) is 14.7 Å². The fourth-order valence-electron chi connectivity index (χ4n) is 4.92. The molecule has 144 valence electrons. The van der Waals surface area contributed by atoms with Crippen molar-refractivity contribution in [1.29, 1.82) is 0 Å². The van der Waals surface area contributed by atoms with E-state index in [4.69, 9.17) is 9.47 Å². The SMILES string of the molecule is O=C(OCC1c2ccccc2-c2ccccc21)N1CCC2(C(=O)O)COCC12. The van der Waals surface area contributed by atoms with Crippen LogP contribution in [0.3, 0.4) is 0 Å². The van der Waals surface area contributed by atoms with E-state index < -0.39 is 23.5 Å². The van der Waals surface area contributed by atoms with Gasteiger partial charge in [0.25, 0.3) is 0 Å². The summed E-state index contributed by atoms with van der Waals surface area (Å²) in [7, 11) is 0. The minimum atomic E-state index is -0.994. The first-order valence-electron chi connectivity index (χ1n) is 9.54. The van der Waals surface area contributed by atoms with Crippen LogP contribution in [0.1, 0.15) is 23.5 Å². The Labute approximate surface area is 162 Å². The van der Waals surface area contributed by atoms with Gasteiger partial charge in [0.2, 0.25) is 0 Å². The highest BCUT2D eigenvalue weighted by molar-refractivity contribution is 5.80. The molecule has 5 rings (SSSR count). The molecule has 2 aliphatic heterocycles. The molecule has 1 N–H and O–H groups in total. The van der Waals surface area contributed by atoms with Crippen LogP contribution in [0, 0.1) is 5.41 Å². The van der Waals surface area contributed by atoms with Crippen LogP contribution in [-0.2, 0) is 14.3 Å². The summed E-state index contributed by atoms with van der Waals surface area (Å²) in [5, 5.41) is 9.64. The molecule has 0 spiro atoms. The number of carboxylic acid groups (broad SMARTS) is 1. The van der Waals surface area contributed by atoms with E-state index in [0.717, 1.165) is 11.1 Å². The van der Waals surface area contributed by atoms with Crippen LogP contribution in [-0.4, -0.2) is 54.5 Å². The Balaban J connectivity index is 1.35. The summed E-state index contributed by atoms with van der Waals surface area (Å²) in [6.45, 7) is 1.02. The zero-order valence-corrected chi connectivity index (χ0v) is 15.3. The summed E-state index contributed by atoms with van der Waals surface area (Å²) in [6, 6.07) is 15.9.